The molecule has 0 aliphatic heterocycles. The molecule has 23 nitrogen and oxygen atoms in total. The molecule has 0 spiro atoms. The van der Waals surface area contributed by atoms with E-state index >= 15 is 0 Å². The van der Waals surface area contributed by atoms with Crippen molar-refractivity contribution in [3.05, 3.63) is 96.9 Å². The third-order valence-electron chi connectivity index (χ3n) is 14.3. The number of hydrogen-bond acceptors (Lipinski definition) is 16. The molecule has 9 aromatic rings. The lowest BCUT2D eigenvalue weighted by Crippen LogP contribution is -2.43. The second kappa shape index (κ2) is 22.5. The number of halogens is 1. The topological polar surface area (TPSA) is 314 Å². The van der Waals surface area contributed by atoms with E-state index in [9.17, 15) is 18.0 Å². The number of fused-ring (bicyclic) bond motifs is 7. The second-order valence-corrected chi connectivity index (χ2v) is 22.7. The quantitative estimate of drug-likeness (QED) is 0.0746. The SMILES string of the molecule is Cc1ccc(S(=O)(=O)n2ccc3nc(NNC(=O)C4CCC(NC(=O)OC(C)(C)C)CC4)cnc32)cc1.Cl.NC1CCC(c2nnc3cnc4[nH]ccc4n23)CC1.NC1CCC(c2nnc3cnc4[nH]ccc4n23)CC1. The molecule has 1 aromatic carbocycles. The van der Waals surface area contributed by atoms with E-state index in [1.165, 1.54) is 12.4 Å². The van der Waals surface area contributed by atoms with Gasteiger partial charge in [0.05, 0.1) is 34.5 Å². The molecule has 12 rings (SSSR count). The zero-order valence-corrected chi connectivity index (χ0v) is 44.5. The lowest BCUT2D eigenvalue weighted by molar-refractivity contribution is -0.125. The number of carbonyl (C=O) groups excluding carboxylic acids is 2. The highest BCUT2D eigenvalue weighted by molar-refractivity contribution is 7.90. The van der Waals surface area contributed by atoms with E-state index in [2.05, 4.69) is 75.3 Å². The number of amides is 2. The number of nitrogens with two attached hydrogens (primary N) is 2. The summed E-state index contributed by atoms with van der Waals surface area (Å²) >= 11 is 0. The Kier molecular flexibility index (Phi) is 15.9. The number of ether oxygens (including phenoxy) is 1. The Bertz CT molecular complexity index is 3430. The summed E-state index contributed by atoms with van der Waals surface area (Å²) in [7, 11) is -3.82. The molecule has 25 heteroatoms. The first-order valence-electron chi connectivity index (χ1n) is 25.6. The van der Waals surface area contributed by atoms with Crippen LogP contribution in [0.1, 0.15) is 127 Å². The van der Waals surface area contributed by atoms with Crippen LogP contribution >= 0.6 is 12.4 Å². The summed E-state index contributed by atoms with van der Waals surface area (Å²) in [6.07, 6.45) is 20.9. The van der Waals surface area contributed by atoms with Gasteiger partial charge in [-0.25, -0.2) is 37.1 Å². The first kappa shape index (κ1) is 53.5. The Morgan fingerprint density at radius 1 is 0.697 bits per heavy atom. The number of rotatable bonds is 8. The van der Waals surface area contributed by atoms with E-state index in [4.69, 9.17) is 16.2 Å². The predicted molar refractivity (Wildman–Crippen MR) is 289 cm³/mol. The number of aromatic nitrogens is 13. The molecule has 8 heterocycles. The number of aromatic amines is 2. The molecule has 402 valence electrons. The maximum absolute atomic E-state index is 13.0. The molecule has 0 atom stereocenters. The molecule has 9 N–H and O–H groups in total. The van der Waals surface area contributed by atoms with Crippen molar-refractivity contribution in [3.8, 4) is 0 Å². The monoisotopic (exact) mass is 1080 g/mol. The first-order valence-corrected chi connectivity index (χ1v) is 27.1. The zero-order valence-electron chi connectivity index (χ0n) is 42.9. The van der Waals surface area contributed by atoms with Gasteiger partial charge in [-0.1, -0.05) is 17.7 Å². The number of alkyl carbamates (subject to hydrolysis) is 1. The lowest BCUT2D eigenvalue weighted by Gasteiger charge is -2.29. The second-order valence-electron chi connectivity index (χ2n) is 20.9. The Hall–Kier alpha value is -7.28. The van der Waals surface area contributed by atoms with E-state index in [0.29, 0.717) is 55.1 Å². The van der Waals surface area contributed by atoms with Crippen molar-refractivity contribution < 1.29 is 22.7 Å². The number of nitrogens with zero attached hydrogens (tertiary/aromatic N) is 11. The van der Waals surface area contributed by atoms with E-state index in [-0.39, 0.29) is 46.6 Å². The number of nitrogens with one attached hydrogen (secondary N) is 5. The lowest BCUT2D eigenvalue weighted by atomic mass is 9.85. The molecule has 0 saturated heterocycles. The highest BCUT2D eigenvalue weighted by Gasteiger charge is 2.30. The van der Waals surface area contributed by atoms with Gasteiger partial charge in [0.1, 0.15) is 22.8 Å². The van der Waals surface area contributed by atoms with Crippen LogP contribution in [0.15, 0.2) is 84.5 Å². The molecule has 8 aromatic heterocycles. The molecule has 0 bridgehead atoms. The van der Waals surface area contributed by atoms with Gasteiger partial charge in [0.2, 0.25) is 5.91 Å². The first-order chi connectivity index (χ1) is 36.1. The predicted octanol–water partition coefficient (Wildman–Crippen LogP) is 7.11. The molecule has 76 heavy (non-hydrogen) atoms. The summed E-state index contributed by atoms with van der Waals surface area (Å²) in [5.74, 6) is 2.90. The fourth-order valence-electron chi connectivity index (χ4n) is 10.2. The van der Waals surface area contributed by atoms with Gasteiger partial charge >= 0.3 is 6.09 Å². The van der Waals surface area contributed by atoms with Crippen LogP contribution in [0.25, 0.3) is 44.8 Å². The fraction of sp³-hybridized carbons (Fsp3) is 0.451. The maximum Gasteiger partial charge on any atom is 0.407 e. The Morgan fingerprint density at radius 3 is 1.76 bits per heavy atom. The van der Waals surface area contributed by atoms with Crippen LogP contribution in [0.5, 0.6) is 0 Å². The van der Waals surface area contributed by atoms with Crippen molar-refractivity contribution in [2.75, 3.05) is 5.43 Å². The van der Waals surface area contributed by atoms with E-state index in [1.807, 2.05) is 52.2 Å². The van der Waals surface area contributed by atoms with Crippen LogP contribution in [0.3, 0.4) is 0 Å². The van der Waals surface area contributed by atoms with Crippen molar-refractivity contribution >= 4 is 85.0 Å². The average Bonchev–Trinajstić information content (AvgIpc) is 4.26. The third kappa shape index (κ3) is 11.7. The summed E-state index contributed by atoms with van der Waals surface area (Å²) in [6.45, 7) is 7.32. The minimum Gasteiger partial charge on any atom is -0.444 e. The van der Waals surface area contributed by atoms with Crippen LogP contribution in [-0.2, 0) is 19.6 Å². The summed E-state index contributed by atoms with van der Waals surface area (Å²) in [6, 6.07) is 12.9. The van der Waals surface area contributed by atoms with Crippen LogP contribution in [0, 0.1) is 12.8 Å². The molecular formula is C51H65ClN18O5S. The molecule has 3 fully saturated rings. The van der Waals surface area contributed by atoms with Gasteiger partial charge in [-0.3, -0.25) is 24.4 Å². The van der Waals surface area contributed by atoms with Crippen LogP contribution in [0.2, 0.25) is 0 Å². The van der Waals surface area contributed by atoms with Crippen molar-refractivity contribution in [2.24, 2.45) is 17.4 Å². The number of carbonyl (C=O) groups is 2. The van der Waals surface area contributed by atoms with Gasteiger partial charge in [-0.05, 0) is 135 Å². The minimum absolute atomic E-state index is 0. The number of benzene rings is 1. The fourth-order valence-corrected chi connectivity index (χ4v) is 11.5. The van der Waals surface area contributed by atoms with Crippen LogP contribution < -0.4 is 27.6 Å². The highest BCUT2D eigenvalue weighted by atomic mass is 35.5. The summed E-state index contributed by atoms with van der Waals surface area (Å²) in [4.78, 5) is 48.3. The molecule has 3 aliphatic rings. The van der Waals surface area contributed by atoms with Gasteiger partial charge in [0.15, 0.2) is 34.1 Å². The van der Waals surface area contributed by atoms with Gasteiger partial charge in [-0.2, -0.15) is 0 Å². The van der Waals surface area contributed by atoms with Crippen molar-refractivity contribution in [3.63, 3.8) is 0 Å². The van der Waals surface area contributed by atoms with E-state index in [0.717, 1.165) is 106 Å². The normalized spacial score (nSPS) is 21.0. The molecule has 0 radical (unpaired) electrons. The molecule has 3 aliphatic carbocycles. The number of anilines is 1. The third-order valence-corrected chi connectivity index (χ3v) is 16.0. The molecule has 2 amide bonds. The number of H-pyrrole nitrogens is 2. The summed E-state index contributed by atoms with van der Waals surface area (Å²) in [5.41, 5.74) is 23.8. The minimum atomic E-state index is -3.82. The standard InChI is InChI=1S/C25H32N6O5S.2C13H16N6.ClH/c1-16-5-11-19(12-6-16)37(34,35)31-14-13-20-22(31)26-15-21(28-20)29-30-23(32)17-7-9-18(10-8-17)27-24(33)36-25(2,3)4;2*14-9-3-1-8(2-4-9)13-18-17-11-7-16-12-10(19(11)13)5-6-15-12;/h5-6,11-15,17-18H,7-10H2,1-4H3,(H,27,33)(H,28,29)(H,30,32);2*5-9,15H,1-4,14H2;1H. The van der Waals surface area contributed by atoms with Gasteiger partial charge < -0.3 is 31.5 Å². The largest absolute Gasteiger partial charge is 0.444 e. The summed E-state index contributed by atoms with van der Waals surface area (Å²) < 4.78 is 36.7. The van der Waals surface area contributed by atoms with E-state index in [1.54, 1.807) is 42.7 Å². The summed E-state index contributed by atoms with van der Waals surface area (Å²) in [5, 5.41) is 20.1. The Labute approximate surface area is 444 Å². The molecule has 3 saturated carbocycles. The molecule has 0 unspecified atom stereocenters. The number of hydrazine groups is 1. The van der Waals surface area contributed by atoms with Crippen molar-refractivity contribution in [2.45, 2.75) is 145 Å². The number of hydrogen-bond donors (Lipinski definition) is 7. The highest BCUT2D eigenvalue weighted by Crippen LogP contribution is 2.34. The van der Waals surface area contributed by atoms with Gasteiger partial charge in [0.25, 0.3) is 10.0 Å². The molecular weight excluding hydrogens is 1010 g/mol. The Morgan fingerprint density at radius 2 is 1.24 bits per heavy atom. The van der Waals surface area contributed by atoms with E-state index < -0.39 is 21.7 Å². The Balaban J connectivity index is 0.000000151. The zero-order chi connectivity index (χ0) is 52.4. The van der Waals surface area contributed by atoms with Crippen molar-refractivity contribution in [1.82, 2.24) is 73.8 Å². The maximum atomic E-state index is 13.0. The van der Waals surface area contributed by atoms with Gasteiger partial charge in [-0.15, -0.1) is 32.8 Å². The smallest absolute Gasteiger partial charge is 0.407 e. The van der Waals surface area contributed by atoms with Crippen molar-refractivity contribution in [1.29, 1.82) is 0 Å². The van der Waals surface area contributed by atoms with Crippen LogP contribution in [0.4, 0.5) is 10.6 Å². The van der Waals surface area contributed by atoms with Gasteiger partial charge in [0, 0.05) is 54.5 Å². The van der Waals surface area contributed by atoms with Crippen LogP contribution in [-0.4, -0.2) is 107 Å². The average molecular weight is 1080 g/mol. The number of aryl methyl sites for hydroxylation is 1.